The average molecular weight is 362 g/mol. The number of likely N-dealkylation sites (tertiary alicyclic amines) is 1. The molecule has 2 rings (SSSR count). The molecular formula is C19H30N4O3. The zero-order chi connectivity index (χ0) is 19.4. The molecule has 0 bridgehead atoms. The van der Waals surface area contributed by atoms with E-state index >= 15 is 0 Å². The van der Waals surface area contributed by atoms with Crippen molar-refractivity contribution in [3.8, 4) is 0 Å². The van der Waals surface area contributed by atoms with Crippen LogP contribution >= 0.6 is 0 Å². The average Bonchev–Trinajstić information content (AvgIpc) is 2.53. The number of piperidine rings is 1. The largest absolute Gasteiger partial charge is 0.349 e. The molecule has 0 aromatic carbocycles. The molecule has 1 aromatic rings. The van der Waals surface area contributed by atoms with Crippen LogP contribution in [0.2, 0.25) is 0 Å². The molecule has 1 aliphatic rings. The van der Waals surface area contributed by atoms with Crippen LogP contribution < -0.4 is 16.6 Å². The fraction of sp³-hybridized carbons (Fsp3) is 0.632. The van der Waals surface area contributed by atoms with Crippen molar-refractivity contribution >= 4 is 12.0 Å². The van der Waals surface area contributed by atoms with Crippen molar-refractivity contribution in [1.29, 1.82) is 0 Å². The van der Waals surface area contributed by atoms with Gasteiger partial charge in [-0.1, -0.05) is 13.8 Å². The number of hydrogen-bond acceptors (Lipinski definition) is 4. The van der Waals surface area contributed by atoms with Crippen molar-refractivity contribution in [2.75, 3.05) is 19.6 Å². The Balaban J connectivity index is 1.95. The molecule has 0 aliphatic carbocycles. The number of rotatable bonds is 5. The summed E-state index contributed by atoms with van der Waals surface area (Å²) in [4.78, 5) is 38.3. The molecule has 26 heavy (non-hydrogen) atoms. The van der Waals surface area contributed by atoms with Gasteiger partial charge in [-0.2, -0.15) is 0 Å². The van der Waals surface area contributed by atoms with Crippen molar-refractivity contribution < 1.29 is 4.79 Å². The smallest absolute Gasteiger partial charge is 0.330 e. The van der Waals surface area contributed by atoms with Gasteiger partial charge >= 0.3 is 5.69 Å². The van der Waals surface area contributed by atoms with Crippen LogP contribution in [0.15, 0.2) is 21.9 Å². The molecule has 0 spiro atoms. The first-order chi connectivity index (χ1) is 12.2. The van der Waals surface area contributed by atoms with Gasteiger partial charge in [0.1, 0.15) is 0 Å². The molecule has 1 N–H and O–H groups in total. The number of carbonyl (C=O) groups excluding carboxylic acids is 1. The lowest BCUT2D eigenvalue weighted by molar-refractivity contribution is -0.117. The van der Waals surface area contributed by atoms with E-state index in [4.69, 9.17) is 0 Å². The van der Waals surface area contributed by atoms with Gasteiger partial charge in [-0.15, -0.1) is 0 Å². The molecule has 1 aromatic heterocycles. The summed E-state index contributed by atoms with van der Waals surface area (Å²) in [6.07, 6.45) is 5.50. The second-order valence-corrected chi connectivity index (χ2v) is 7.75. The van der Waals surface area contributed by atoms with E-state index in [9.17, 15) is 14.4 Å². The van der Waals surface area contributed by atoms with Crippen LogP contribution in [0, 0.1) is 11.8 Å². The number of nitrogens with one attached hydrogen (secondary N) is 1. The predicted octanol–water partition coefficient (Wildman–Crippen LogP) is 0.580. The summed E-state index contributed by atoms with van der Waals surface area (Å²) < 4.78 is 2.35. The standard InChI is InChI=1S/C19H30N4O3/c1-13-8-14(2)10-23(9-13)11-15(3)20-17(24)7-6-16-12-21(4)19(26)22(5)18(16)25/h6-7,12-15H,8-11H2,1-5H3,(H,20,24)/b7-6+. The molecule has 1 fully saturated rings. The van der Waals surface area contributed by atoms with Gasteiger partial charge in [0, 0.05) is 52.0 Å². The van der Waals surface area contributed by atoms with Gasteiger partial charge in [-0.05, 0) is 31.3 Å². The van der Waals surface area contributed by atoms with Crippen LogP contribution in [0.1, 0.15) is 32.8 Å². The fourth-order valence-electron chi connectivity index (χ4n) is 3.78. The predicted molar refractivity (Wildman–Crippen MR) is 103 cm³/mol. The highest BCUT2D eigenvalue weighted by Gasteiger charge is 2.23. The number of aryl methyl sites for hydroxylation is 1. The van der Waals surface area contributed by atoms with E-state index in [1.807, 2.05) is 6.92 Å². The van der Waals surface area contributed by atoms with Gasteiger partial charge in [-0.3, -0.25) is 14.2 Å². The van der Waals surface area contributed by atoms with E-state index in [2.05, 4.69) is 24.1 Å². The Morgan fingerprint density at radius 1 is 1.27 bits per heavy atom. The van der Waals surface area contributed by atoms with Gasteiger partial charge in [0.2, 0.25) is 5.91 Å². The first-order valence-corrected chi connectivity index (χ1v) is 9.15. The quantitative estimate of drug-likeness (QED) is 0.778. The first kappa shape index (κ1) is 20.2. The molecule has 3 atom stereocenters. The number of nitrogens with zero attached hydrogens (tertiary/aromatic N) is 3. The Kier molecular flexibility index (Phi) is 6.58. The molecule has 0 saturated carbocycles. The van der Waals surface area contributed by atoms with Crippen LogP contribution in [0.25, 0.3) is 6.08 Å². The Bertz CT molecular complexity index is 783. The Morgan fingerprint density at radius 3 is 2.50 bits per heavy atom. The monoisotopic (exact) mass is 362 g/mol. The lowest BCUT2D eigenvalue weighted by atomic mass is 9.92. The van der Waals surface area contributed by atoms with Crippen molar-refractivity contribution in [2.45, 2.75) is 33.2 Å². The van der Waals surface area contributed by atoms with E-state index < -0.39 is 11.2 Å². The SMILES string of the molecule is CC1CC(C)CN(CC(C)NC(=O)/C=C/c2cn(C)c(=O)n(C)c2=O)C1. The zero-order valence-electron chi connectivity index (χ0n) is 16.4. The molecule has 144 valence electrons. The summed E-state index contributed by atoms with van der Waals surface area (Å²) in [6.45, 7) is 9.46. The molecule has 1 saturated heterocycles. The Hall–Kier alpha value is -2.15. The molecule has 7 heteroatoms. The second-order valence-electron chi connectivity index (χ2n) is 7.75. The molecule has 1 aliphatic heterocycles. The topological polar surface area (TPSA) is 76.3 Å². The molecular weight excluding hydrogens is 332 g/mol. The first-order valence-electron chi connectivity index (χ1n) is 9.15. The van der Waals surface area contributed by atoms with Gasteiger partial charge in [0.25, 0.3) is 5.56 Å². The van der Waals surface area contributed by atoms with Crippen LogP contribution in [-0.2, 0) is 18.9 Å². The molecule has 0 radical (unpaired) electrons. The molecule has 1 amide bonds. The molecule has 7 nitrogen and oxygen atoms in total. The minimum atomic E-state index is -0.415. The summed E-state index contributed by atoms with van der Waals surface area (Å²) in [5.41, 5.74) is -0.507. The van der Waals surface area contributed by atoms with Crippen molar-refractivity contribution in [3.05, 3.63) is 38.7 Å². The second kappa shape index (κ2) is 8.49. The van der Waals surface area contributed by atoms with Crippen LogP contribution in [0.5, 0.6) is 0 Å². The highest BCUT2D eigenvalue weighted by atomic mass is 16.2. The van der Waals surface area contributed by atoms with Gasteiger partial charge in [0.15, 0.2) is 0 Å². The van der Waals surface area contributed by atoms with E-state index in [0.29, 0.717) is 17.4 Å². The third-order valence-electron chi connectivity index (χ3n) is 4.75. The highest BCUT2D eigenvalue weighted by molar-refractivity contribution is 5.91. The molecule has 3 unspecified atom stereocenters. The van der Waals surface area contributed by atoms with Crippen LogP contribution in [0.3, 0.4) is 0 Å². The Morgan fingerprint density at radius 2 is 1.88 bits per heavy atom. The Labute approximate surface area is 154 Å². The van der Waals surface area contributed by atoms with Gasteiger partial charge in [-0.25, -0.2) is 4.79 Å². The van der Waals surface area contributed by atoms with Crippen molar-refractivity contribution in [1.82, 2.24) is 19.4 Å². The maximum Gasteiger partial charge on any atom is 0.330 e. The minimum Gasteiger partial charge on any atom is -0.349 e. The minimum absolute atomic E-state index is 0.0209. The third kappa shape index (κ3) is 5.17. The van der Waals surface area contributed by atoms with E-state index in [0.717, 1.165) is 24.2 Å². The lowest BCUT2D eigenvalue weighted by Gasteiger charge is -2.36. The highest BCUT2D eigenvalue weighted by Crippen LogP contribution is 2.20. The van der Waals surface area contributed by atoms with E-state index in [-0.39, 0.29) is 11.9 Å². The summed E-state index contributed by atoms with van der Waals surface area (Å²) in [5.74, 6) is 1.12. The lowest BCUT2D eigenvalue weighted by Crippen LogP contribution is -2.46. The number of aromatic nitrogens is 2. The van der Waals surface area contributed by atoms with Crippen molar-refractivity contribution in [3.63, 3.8) is 0 Å². The van der Waals surface area contributed by atoms with Gasteiger partial charge in [0.05, 0.1) is 5.56 Å². The maximum absolute atomic E-state index is 12.2. The third-order valence-corrected chi connectivity index (χ3v) is 4.75. The zero-order valence-corrected chi connectivity index (χ0v) is 16.4. The van der Waals surface area contributed by atoms with Crippen LogP contribution in [-0.4, -0.2) is 45.6 Å². The summed E-state index contributed by atoms with van der Waals surface area (Å²) in [7, 11) is 2.99. The van der Waals surface area contributed by atoms with Crippen molar-refractivity contribution in [2.24, 2.45) is 25.9 Å². The molecule has 2 heterocycles. The fourth-order valence-corrected chi connectivity index (χ4v) is 3.78. The summed E-state index contributed by atoms with van der Waals surface area (Å²) in [5, 5.41) is 2.94. The number of carbonyl (C=O) groups is 1. The summed E-state index contributed by atoms with van der Waals surface area (Å²) in [6, 6.07) is 0.0209. The maximum atomic E-state index is 12.2. The van der Waals surface area contributed by atoms with E-state index in [1.165, 1.54) is 36.4 Å². The number of hydrogen-bond donors (Lipinski definition) is 1. The number of amides is 1. The van der Waals surface area contributed by atoms with Gasteiger partial charge < -0.3 is 14.8 Å². The normalized spacial score (nSPS) is 22.5. The summed E-state index contributed by atoms with van der Waals surface area (Å²) >= 11 is 0. The van der Waals surface area contributed by atoms with Crippen LogP contribution in [0.4, 0.5) is 0 Å². The van der Waals surface area contributed by atoms with E-state index in [1.54, 1.807) is 7.05 Å².